The van der Waals surface area contributed by atoms with Crippen molar-refractivity contribution >= 4 is 11.9 Å². The van der Waals surface area contributed by atoms with Crippen LogP contribution in [0.1, 0.15) is 19.7 Å². The molecule has 1 amide bonds. The molecule has 0 aliphatic heterocycles. The van der Waals surface area contributed by atoms with E-state index >= 15 is 0 Å². The van der Waals surface area contributed by atoms with Crippen LogP contribution in [0.2, 0.25) is 0 Å². The Bertz CT molecular complexity index is 256. The number of anilines is 1. The number of rotatable bonds is 2. The van der Waals surface area contributed by atoms with Gasteiger partial charge in [0.05, 0.1) is 0 Å². The summed E-state index contributed by atoms with van der Waals surface area (Å²) in [7, 11) is 0. The number of nitrogens with zero attached hydrogens (tertiary/aromatic N) is 2. The third kappa shape index (κ3) is 2.03. The minimum absolute atomic E-state index is 0.161. The normalized spacial score (nSPS) is 9.64. The van der Waals surface area contributed by atoms with E-state index in [9.17, 15) is 4.79 Å². The van der Waals surface area contributed by atoms with Gasteiger partial charge in [0.2, 0.25) is 11.8 Å². The molecule has 5 heteroatoms. The zero-order valence-electron chi connectivity index (χ0n) is 6.42. The van der Waals surface area contributed by atoms with E-state index in [4.69, 9.17) is 4.42 Å². The number of amides is 1. The first-order chi connectivity index (χ1) is 5.22. The van der Waals surface area contributed by atoms with Gasteiger partial charge in [0.25, 0.3) is 0 Å². The Morgan fingerprint density at radius 2 is 2.36 bits per heavy atom. The fourth-order valence-electron chi connectivity index (χ4n) is 0.598. The van der Waals surface area contributed by atoms with Crippen molar-refractivity contribution in [2.24, 2.45) is 0 Å². The standard InChI is InChI=1S/C6H9N3O2/c1-3-5-8-9-6(11-5)7-4(2)10/h3H2,1-2H3,(H,7,9,10). The summed E-state index contributed by atoms with van der Waals surface area (Å²) in [5, 5.41) is 9.62. The lowest BCUT2D eigenvalue weighted by molar-refractivity contribution is -0.114. The zero-order valence-corrected chi connectivity index (χ0v) is 6.42. The van der Waals surface area contributed by atoms with Crippen LogP contribution < -0.4 is 5.32 Å². The number of hydrogen-bond acceptors (Lipinski definition) is 4. The van der Waals surface area contributed by atoms with Crippen molar-refractivity contribution in [3.8, 4) is 0 Å². The van der Waals surface area contributed by atoms with Gasteiger partial charge in [-0.3, -0.25) is 10.1 Å². The maximum Gasteiger partial charge on any atom is 0.322 e. The summed E-state index contributed by atoms with van der Waals surface area (Å²) in [6.07, 6.45) is 0.673. The highest BCUT2D eigenvalue weighted by molar-refractivity contribution is 5.86. The highest BCUT2D eigenvalue weighted by Crippen LogP contribution is 2.04. The van der Waals surface area contributed by atoms with Crippen molar-refractivity contribution < 1.29 is 9.21 Å². The molecule has 5 nitrogen and oxygen atoms in total. The number of aryl methyl sites for hydroxylation is 1. The number of hydrogen-bond donors (Lipinski definition) is 1. The van der Waals surface area contributed by atoms with Crippen LogP contribution in [0.25, 0.3) is 0 Å². The topological polar surface area (TPSA) is 68.0 Å². The molecular formula is C6H9N3O2. The van der Waals surface area contributed by atoms with Crippen LogP contribution in [0.4, 0.5) is 6.01 Å². The number of aromatic nitrogens is 2. The number of nitrogens with one attached hydrogen (secondary N) is 1. The lowest BCUT2D eigenvalue weighted by Crippen LogP contribution is -2.05. The fourth-order valence-corrected chi connectivity index (χ4v) is 0.598. The molecular weight excluding hydrogens is 146 g/mol. The molecule has 1 N–H and O–H groups in total. The Hall–Kier alpha value is -1.39. The molecule has 0 bridgehead atoms. The van der Waals surface area contributed by atoms with Crippen LogP contribution in [0.3, 0.4) is 0 Å². The predicted molar refractivity (Wildman–Crippen MR) is 38.0 cm³/mol. The first-order valence-electron chi connectivity index (χ1n) is 3.32. The molecule has 0 atom stereocenters. The van der Waals surface area contributed by atoms with Gasteiger partial charge in [-0.05, 0) is 0 Å². The summed E-state index contributed by atoms with van der Waals surface area (Å²) in [5.74, 6) is 0.310. The molecule has 0 unspecified atom stereocenters. The molecule has 1 aromatic heterocycles. The smallest absolute Gasteiger partial charge is 0.322 e. The molecule has 0 aromatic carbocycles. The van der Waals surface area contributed by atoms with E-state index in [1.807, 2.05) is 6.92 Å². The van der Waals surface area contributed by atoms with Crippen LogP contribution >= 0.6 is 0 Å². The van der Waals surface area contributed by atoms with Gasteiger partial charge in [-0.2, -0.15) is 0 Å². The minimum Gasteiger partial charge on any atom is -0.408 e. The third-order valence-electron chi connectivity index (χ3n) is 1.05. The molecule has 0 aliphatic rings. The highest BCUT2D eigenvalue weighted by atomic mass is 16.4. The number of carbonyl (C=O) groups is 1. The van der Waals surface area contributed by atoms with Gasteiger partial charge in [0.15, 0.2) is 0 Å². The van der Waals surface area contributed by atoms with Gasteiger partial charge >= 0.3 is 6.01 Å². The van der Waals surface area contributed by atoms with Gasteiger partial charge in [-0.15, -0.1) is 5.10 Å². The second kappa shape index (κ2) is 3.14. The Morgan fingerprint density at radius 3 is 2.82 bits per heavy atom. The van der Waals surface area contributed by atoms with E-state index in [1.165, 1.54) is 6.92 Å². The molecule has 60 valence electrons. The van der Waals surface area contributed by atoms with E-state index in [0.29, 0.717) is 12.3 Å². The van der Waals surface area contributed by atoms with Crippen LogP contribution in [0.15, 0.2) is 4.42 Å². The molecule has 0 radical (unpaired) electrons. The van der Waals surface area contributed by atoms with E-state index < -0.39 is 0 Å². The number of carbonyl (C=O) groups excluding carboxylic acids is 1. The van der Waals surface area contributed by atoms with E-state index in [1.54, 1.807) is 0 Å². The zero-order chi connectivity index (χ0) is 8.27. The molecule has 0 spiro atoms. The monoisotopic (exact) mass is 155 g/mol. The van der Waals surface area contributed by atoms with Crippen molar-refractivity contribution in [3.63, 3.8) is 0 Å². The second-order valence-electron chi connectivity index (χ2n) is 2.04. The van der Waals surface area contributed by atoms with Gasteiger partial charge in [0.1, 0.15) is 0 Å². The summed E-state index contributed by atoms with van der Waals surface area (Å²) < 4.78 is 4.99. The SMILES string of the molecule is CCc1nnc(NC(C)=O)o1. The van der Waals surface area contributed by atoms with E-state index in [0.717, 1.165) is 0 Å². The predicted octanol–water partition coefficient (Wildman–Crippen LogP) is 0.590. The molecule has 11 heavy (non-hydrogen) atoms. The van der Waals surface area contributed by atoms with Crippen molar-refractivity contribution in [2.75, 3.05) is 5.32 Å². The lowest BCUT2D eigenvalue weighted by atomic mass is 10.5. The van der Waals surface area contributed by atoms with Crippen LogP contribution in [-0.2, 0) is 11.2 Å². The van der Waals surface area contributed by atoms with Gasteiger partial charge in [-0.25, -0.2) is 0 Å². The molecule has 0 aliphatic carbocycles. The van der Waals surface area contributed by atoms with Gasteiger partial charge in [0, 0.05) is 13.3 Å². The molecule has 1 heterocycles. The molecule has 0 saturated heterocycles. The summed E-state index contributed by atoms with van der Waals surface area (Å²) in [5.41, 5.74) is 0. The Morgan fingerprint density at radius 1 is 1.64 bits per heavy atom. The van der Waals surface area contributed by atoms with E-state index in [2.05, 4.69) is 15.5 Å². The largest absolute Gasteiger partial charge is 0.408 e. The Kier molecular flexibility index (Phi) is 2.20. The van der Waals surface area contributed by atoms with Crippen molar-refractivity contribution in [1.82, 2.24) is 10.2 Å². The molecule has 1 aromatic rings. The van der Waals surface area contributed by atoms with Crippen LogP contribution in [0.5, 0.6) is 0 Å². The second-order valence-corrected chi connectivity index (χ2v) is 2.04. The quantitative estimate of drug-likeness (QED) is 0.678. The van der Waals surface area contributed by atoms with Gasteiger partial charge in [-0.1, -0.05) is 12.0 Å². The summed E-state index contributed by atoms with van der Waals surface area (Å²) in [4.78, 5) is 10.5. The molecule has 0 fully saturated rings. The fraction of sp³-hybridized carbons (Fsp3) is 0.500. The summed E-state index contributed by atoms with van der Waals surface area (Å²) >= 11 is 0. The maximum absolute atomic E-state index is 10.5. The Balaban J connectivity index is 2.65. The van der Waals surface area contributed by atoms with Crippen molar-refractivity contribution in [1.29, 1.82) is 0 Å². The average molecular weight is 155 g/mol. The summed E-state index contributed by atoms with van der Waals surface area (Å²) in [6.45, 7) is 3.28. The third-order valence-corrected chi connectivity index (χ3v) is 1.05. The van der Waals surface area contributed by atoms with Crippen LogP contribution in [0, 0.1) is 0 Å². The van der Waals surface area contributed by atoms with Crippen molar-refractivity contribution in [2.45, 2.75) is 20.3 Å². The van der Waals surface area contributed by atoms with Crippen LogP contribution in [-0.4, -0.2) is 16.1 Å². The average Bonchev–Trinajstić information content (AvgIpc) is 2.34. The minimum atomic E-state index is -0.212. The molecule has 0 saturated carbocycles. The highest BCUT2D eigenvalue weighted by Gasteiger charge is 2.03. The lowest BCUT2D eigenvalue weighted by Gasteiger charge is -1.90. The molecule has 1 rings (SSSR count). The first kappa shape index (κ1) is 7.71. The maximum atomic E-state index is 10.5. The summed E-state index contributed by atoms with van der Waals surface area (Å²) in [6, 6.07) is 0.161. The van der Waals surface area contributed by atoms with Gasteiger partial charge < -0.3 is 4.42 Å². The Labute approximate surface area is 63.8 Å². The van der Waals surface area contributed by atoms with Crippen molar-refractivity contribution in [3.05, 3.63) is 5.89 Å². The van der Waals surface area contributed by atoms with E-state index in [-0.39, 0.29) is 11.9 Å². The first-order valence-corrected chi connectivity index (χ1v) is 3.32.